The van der Waals surface area contributed by atoms with Crippen LogP contribution in [0.3, 0.4) is 0 Å². The molecule has 0 aliphatic carbocycles. The predicted molar refractivity (Wildman–Crippen MR) is 82.2 cm³/mol. The number of aromatic nitrogens is 2. The second-order valence-corrected chi connectivity index (χ2v) is 6.26. The van der Waals surface area contributed by atoms with Gasteiger partial charge < -0.3 is 9.84 Å². The molecule has 6 nitrogen and oxygen atoms in total. The molecule has 1 heterocycles. The van der Waals surface area contributed by atoms with Crippen LogP contribution in [-0.2, 0) is 5.41 Å². The molecule has 25 heavy (non-hydrogen) atoms. The quantitative estimate of drug-likeness (QED) is 0.914. The van der Waals surface area contributed by atoms with Crippen molar-refractivity contribution in [1.82, 2.24) is 9.78 Å². The zero-order valence-electron chi connectivity index (χ0n) is 13.6. The van der Waals surface area contributed by atoms with Gasteiger partial charge in [0.05, 0.1) is 11.4 Å². The molecule has 0 saturated heterocycles. The average Bonchev–Trinajstić information content (AvgIpc) is 2.44. The highest BCUT2D eigenvalue weighted by Crippen LogP contribution is 2.25. The minimum atomic E-state index is -4.89. The van der Waals surface area contributed by atoms with E-state index in [-0.39, 0.29) is 5.69 Å². The van der Waals surface area contributed by atoms with Crippen LogP contribution in [0.25, 0.3) is 5.69 Å². The zero-order chi connectivity index (χ0) is 19.0. The Morgan fingerprint density at radius 3 is 2.36 bits per heavy atom. The molecular formula is C16H15F3N2O4. The van der Waals surface area contributed by atoms with Crippen molar-refractivity contribution in [3.8, 4) is 11.4 Å². The zero-order valence-corrected chi connectivity index (χ0v) is 13.6. The van der Waals surface area contributed by atoms with Gasteiger partial charge in [0, 0.05) is 11.5 Å². The highest BCUT2D eigenvalue weighted by molar-refractivity contribution is 5.87. The number of carbonyl (C=O) groups is 1. The molecular weight excluding hydrogens is 341 g/mol. The van der Waals surface area contributed by atoms with E-state index in [1.165, 1.54) is 12.1 Å². The standard InChI is InChI=1S/C16H15F3N2O4/c1-15(2,3)12-8-11(14(23)24)13(22)21(20-12)9-5-4-6-10(7-9)25-16(17,18)19/h4-8H,1-3H3,(H,23,24). The Kier molecular flexibility index (Phi) is 4.61. The summed E-state index contributed by atoms with van der Waals surface area (Å²) >= 11 is 0. The molecule has 134 valence electrons. The first-order valence-corrected chi connectivity index (χ1v) is 7.13. The fourth-order valence-corrected chi connectivity index (χ4v) is 2.00. The number of alkyl halides is 3. The van der Waals surface area contributed by atoms with Crippen molar-refractivity contribution >= 4 is 5.97 Å². The fraction of sp³-hybridized carbons (Fsp3) is 0.312. The number of benzene rings is 1. The highest BCUT2D eigenvalue weighted by Gasteiger charge is 2.31. The number of ether oxygens (including phenoxy) is 1. The van der Waals surface area contributed by atoms with E-state index in [4.69, 9.17) is 0 Å². The molecule has 1 aromatic carbocycles. The first-order chi connectivity index (χ1) is 11.4. The van der Waals surface area contributed by atoms with E-state index >= 15 is 0 Å². The van der Waals surface area contributed by atoms with Crippen LogP contribution in [0, 0.1) is 0 Å². The van der Waals surface area contributed by atoms with Gasteiger partial charge in [0.15, 0.2) is 0 Å². The monoisotopic (exact) mass is 356 g/mol. The van der Waals surface area contributed by atoms with Crippen molar-refractivity contribution in [3.05, 3.63) is 51.9 Å². The molecule has 2 rings (SSSR count). The van der Waals surface area contributed by atoms with Gasteiger partial charge in [-0.3, -0.25) is 4.79 Å². The molecule has 0 unspecified atom stereocenters. The summed E-state index contributed by atoms with van der Waals surface area (Å²) < 4.78 is 41.7. The molecule has 9 heteroatoms. The normalized spacial score (nSPS) is 12.1. The number of carboxylic acids is 1. The van der Waals surface area contributed by atoms with E-state index in [9.17, 15) is 27.9 Å². The Balaban J connectivity index is 2.66. The molecule has 1 N–H and O–H groups in total. The lowest BCUT2D eigenvalue weighted by Gasteiger charge is -2.19. The lowest BCUT2D eigenvalue weighted by Crippen LogP contribution is -2.31. The number of carboxylic acid groups (broad SMARTS) is 1. The van der Waals surface area contributed by atoms with Gasteiger partial charge in [0.25, 0.3) is 5.56 Å². The molecule has 0 atom stereocenters. The molecule has 1 aromatic heterocycles. The summed E-state index contributed by atoms with van der Waals surface area (Å²) in [7, 11) is 0. The lowest BCUT2D eigenvalue weighted by molar-refractivity contribution is -0.274. The molecule has 0 bridgehead atoms. The van der Waals surface area contributed by atoms with Crippen LogP contribution in [-0.4, -0.2) is 27.2 Å². The molecule has 0 saturated carbocycles. The summed E-state index contributed by atoms with van der Waals surface area (Å²) in [4.78, 5) is 23.7. The number of aromatic carboxylic acids is 1. The van der Waals surface area contributed by atoms with Gasteiger partial charge in [-0.25, -0.2) is 4.79 Å². The van der Waals surface area contributed by atoms with Crippen LogP contribution in [0.1, 0.15) is 36.8 Å². The molecule has 2 aromatic rings. The van der Waals surface area contributed by atoms with E-state index in [2.05, 4.69) is 9.84 Å². The fourth-order valence-electron chi connectivity index (χ4n) is 2.00. The van der Waals surface area contributed by atoms with E-state index in [0.717, 1.165) is 22.9 Å². The molecule has 0 fully saturated rings. The number of hydrogen-bond donors (Lipinski definition) is 1. The number of rotatable bonds is 3. The van der Waals surface area contributed by atoms with Crippen LogP contribution >= 0.6 is 0 Å². The summed E-state index contributed by atoms with van der Waals surface area (Å²) in [6.07, 6.45) is -4.89. The molecule has 0 radical (unpaired) electrons. The van der Waals surface area contributed by atoms with Crippen LogP contribution in [0.4, 0.5) is 13.2 Å². The first kappa shape index (κ1) is 18.5. The van der Waals surface area contributed by atoms with Crippen LogP contribution < -0.4 is 10.3 Å². The van der Waals surface area contributed by atoms with E-state index in [0.29, 0.717) is 5.69 Å². The smallest absolute Gasteiger partial charge is 0.477 e. The Bertz CT molecular complexity index is 867. The Hall–Kier alpha value is -2.84. The van der Waals surface area contributed by atoms with Crippen molar-refractivity contribution in [2.24, 2.45) is 0 Å². The summed E-state index contributed by atoms with van der Waals surface area (Å²) in [6, 6.07) is 5.76. The maximum atomic E-state index is 12.4. The second-order valence-electron chi connectivity index (χ2n) is 6.26. The van der Waals surface area contributed by atoms with Crippen LogP contribution in [0.5, 0.6) is 5.75 Å². The van der Waals surface area contributed by atoms with Gasteiger partial charge in [0.2, 0.25) is 0 Å². The van der Waals surface area contributed by atoms with Gasteiger partial charge in [-0.15, -0.1) is 13.2 Å². The summed E-state index contributed by atoms with van der Waals surface area (Å²) in [6.45, 7) is 5.29. The van der Waals surface area contributed by atoms with Crippen LogP contribution in [0.15, 0.2) is 35.1 Å². The van der Waals surface area contributed by atoms with Gasteiger partial charge in [-0.1, -0.05) is 26.8 Å². The molecule has 0 aliphatic heterocycles. The molecule has 0 aliphatic rings. The Labute approximate surface area is 140 Å². The Morgan fingerprint density at radius 1 is 1.20 bits per heavy atom. The third-order valence-electron chi connectivity index (χ3n) is 3.21. The topological polar surface area (TPSA) is 81.4 Å². The minimum absolute atomic E-state index is 0.0413. The summed E-state index contributed by atoms with van der Waals surface area (Å²) in [5, 5.41) is 13.3. The number of nitrogens with zero attached hydrogens (tertiary/aromatic N) is 2. The SMILES string of the molecule is CC(C)(C)c1cc(C(=O)O)c(=O)n(-c2cccc(OC(F)(F)F)c2)n1. The van der Waals surface area contributed by atoms with E-state index in [1.807, 2.05) is 0 Å². The van der Waals surface area contributed by atoms with E-state index < -0.39 is 34.6 Å². The molecule has 0 spiro atoms. The third kappa shape index (κ3) is 4.37. The largest absolute Gasteiger partial charge is 0.573 e. The third-order valence-corrected chi connectivity index (χ3v) is 3.21. The highest BCUT2D eigenvalue weighted by atomic mass is 19.4. The van der Waals surface area contributed by atoms with Gasteiger partial charge >= 0.3 is 12.3 Å². The van der Waals surface area contributed by atoms with Crippen molar-refractivity contribution < 1.29 is 27.8 Å². The molecule has 0 amide bonds. The number of halogens is 3. The van der Waals surface area contributed by atoms with Crippen LogP contribution in [0.2, 0.25) is 0 Å². The average molecular weight is 356 g/mol. The first-order valence-electron chi connectivity index (χ1n) is 7.13. The maximum Gasteiger partial charge on any atom is 0.573 e. The van der Waals surface area contributed by atoms with Crippen molar-refractivity contribution in [2.75, 3.05) is 0 Å². The lowest BCUT2D eigenvalue weighted by atomic mass is 9.91. The van der Waals surface area contributed by atoms with Crippen molar-refractivity contribution in [1.29, 1.82) is 0 Å². The van der Waals surface area contributed by atoms with E-state index in [1.54, 1.807) is 20.8 Å². The van der Waals surface area contributed by atoms with Crippen molar-refractivity contribution in [2.45, 2.75) is 32.5 Å². The minimum Gasteiger partial charge on any atom is -0.477 e. The maximum absolute atomic E-state index is 12.4. The summed E-state index contributed by atoms with van der Waals surface area (Å²) in [5.74, 6) is -1.99. The number of hydrogen-bond acceptors (Lipinski definition) is 4. The van der Waals surface area contributed by atoms with Gasteiger partial charge in [0.1, 0.15) is 11.3 Å². The predicted octanol–water partition coefficient (Wildman–Crippen LogP) is 3.13. The van der Waals surface area contributed by atoms with Gasteiger partial charge in [-0.2, -0.15) is 9.78 Å². The van der Waals surface area contributed by atoms with Crippen molar-refractivity contribution in [3.63, 3.8) is 0 Å². The van der Waals surface area contributed by atoms with Gasteiger partial charge in [-0.05, 0) is 18.2 Å². The summed E-state index contributed by atoms with van der Waals surface area (Å²) in [5.41, 5.74) is -1.81. The second kappa shape index (κ2) is 6.23. The Morgan fingerprint density at radius 2 is 1.84 bits per heavy atom.